The molecule has 92 valence electrons. The lowest BCUT2D eigenvalue weighted by molar-refractivity contribution is 0.0760. The Morgan fingerprint density at radius 2 is 2.38 bits per heavy atom. The molecule has 2 fully saturated rings. The molecule has 4 heteroatoms. The van der Waals surface area contributed by atoms with Crippen molar-refractivity contribution in [2.24, 2.45) is 11.8 Å². The second-order valence-electron chi connectivity index (χ2n) is 5.13. The monoisotopic (exact) mass is 226 g/mol. The first-order chi connectivity index (χ1) is 7.75. The molecule has 2 atom stereocenters. The van der Waals surface area contributed by atoms with Gasteiger partial charge >= 0.3 is 6.09 Å². The Labute approximate surface area is 97.3 Å². The summed E-state index contributed by atoms with van der Waals surface area (Å²) in [5, 5.41) is 3.28. The Morgan fingerprint density at radius 3 is 3.06 bits per heavy atom. The Morgan fingerprint density at radius 1 is 1.50 bits per heavy atom. The Balaban J connectivity index is 1.70. The first kappa shape index (κ1) is 11.7. The van der Waals surface area contributed by atoms with Gasteiger partial charge < -0.3 is 15.0 Å². The molecule has 4 nitrogen and oxygen atoms in total. The summed E-state index contributed by atoms with van der Waals surface area (Å²) < 4.78 is 5.36. The maximum atomic E-state index is 11.8. The van der Waals surface area contributed by atoms with Crippen LogP contribution in [0.25, 0.3) is 0 Å². The van der Waals surface area contributed by atoms with Crippen LogP contribution in [-0.2, 0) is 4.74 Å². The van der Waals surface area contributed by atoms with Gasteiger partial charge in [-0.1, -0.05) is 6.92 Å². The molecular formula is C12H22N2O2. The number of nitrogens with zero attached hydrogens (tertiary/aromatic N) is 1. The molecule has 2 aliphatic heterocycles. The van der Waals surface area contributed by atoms with Crippen LogP contribution in [0.1, 0.15) is 26.2 Å². The predicted octanol–water partition coefficient (Wildman–Crippen LogP) is 1.46. The van der Waals surface area contributed by atoms with Crippen LogP contribution in [0.2, 0.25) is 0 Å². The van der Waals surface area contributed by atoms with Crippen molar-refractivity contribution in [1.29, 1.82) is 0 Å². The normalized spacial score (nSPS) is 30.4. The molecule has 0 saturated carbocycles. The number of carbonyl (C=O) groups is 1. The first-order valence-corrected chi connectivity index (χ1v) is 6.38. The number of carbonyl (C=O) groups excluding carboxylic acids is 1. The van der Waals surface area contributed by atoms with Crippen molar-refractivity contribution in [2.75, 3.05) is 32.8 Å². The molecular weight excluding hydrogens is 204 g/mol. The quantitative estimate of drug-likeness (QED) is 0.775. The summed E-state index contributed by atoms with van der Waals surface area (Å²) in [5.74, 6) is 1.14. The van der Waals surface area contributed by atoms with Gasteiger partial charge in [0.25, 0.3) is 0 Å². The third kappa shape index (κ3) is 3.11. The third-order valence-electron chi connectivity index (χ3n) is 3.52. The number of piperidine rings is 1. The molecule has 0 aliphatic carbocycles. The lowest BCUT2D eigenvalue weighted by Gasteiger charge is -2.30. The number of amides is 1. The highest BCUT2D eigenvalue weighted by atomic mass is 16.6. The molecule has 0 aromatic rings. The van der Waals surface area contributed by atoms with E-state index in [-0.39, 0.29) is 6.09 Å². The molecule has 1 amide bonds. The summed E-state index contributed by atoms with van der Waals surface area (Å²) in [4.78, 5) is 13.6. The topological polar surface area (TPSA) is 41.6 Å². The number of hydrogen-bond acceptors (Lipinski definition) is 3. The minimum absolute atomic E-state index is 0.113. The fourth-order valence-electron chi connectivity index (χ4n) is 2.49. The number of ether oxygens (including phenoxy) is 1. The first-order valence-electron chi connectivity index (χ1n) is 6.38. The zero-order chi connectivity index (χ0) is 11.4. The fraction of sp³-hybridized carbons (Fsp3) is 0.917. The van der Waals surface area contributed by atoms with E-state index in [1.165, 1.54) is 6.42 Å². The van der Waals surface area contributed by atoms with E-state index in [1.54, 1.807) is 0 Å². The van der Waals surface area contributed by atoms with Crippen LogP contribution in [0, 0.1) is 11.8 Å². The number of hydrogen-bond donors (Lipinski definition) is 1. The molecule has 2 saturated heterocycles. The second-order valence-corrected chi connectivity index (χ2v) is 5.13. The highest BCUT2D eigenvalue weighted by molar-refractivity contribution is 5.67. The second kappa shape index (κ2) is 5.53. The van der Waals surface area contributed by atoms with Crippen molar-refractivity contribution in [3.63, 3.8) is 0 Å². The van der Waals surface area contributed by atoms with Gasteiger partial charge in [-0.3, -0.25) is 0 Å². The maximum absolute atomic E-state index is 11.8. The molecule has 2 aliphatic rings. The van der Waals surface area contributed by atoms with Gasteiger partial charge in [-0.2, -0.15) is 0 Å². The van der Waals surface area contributed by atoms with Crippen molar-refractivity contribution in [3.05, 3.63) is 0 Å². The highest BCUT2D eigenvalue weighted by Crippen LogP contribution is 2.16. The van der Waals surface area contributed by atoms with Crippen LogP contribution in [0.4, 0.5) is 4.79 Å². The van der Waals surface area contributed by atoms with Crippen molar-refractivity contribution in [1.82, 2.24) is 10.2 Å². The van der Waals surface area contributed by atoms with Crippen LogP contribution in [0.3, 0.4) is 0 Å². The molecule has 0 aromatic carbocycles. The lowest BCUT2D eigenvalue weighted by atomic mass is 10.0. The summed E-state index contributed by atoms with van der Waals surface area (Å²) >= 11 is 0. The zero-order valence-corrected chi connectivity index (χ0v) is 10.1. The smallest absolute Gasteiger partial charge is 0.409 e. The lowest BCUT2D eigenvalue weighted by Crippen LogP contribution is -2.40. The zero-order valence-electron chi connectivity index (χ0n) is 10.1. The molecule has 0 radical (unpaired) electrons. The van der Waals surface area contributed by atoms with Gasteiger partial charge in [-0.05, 0) is 31.7 Å². The average molecular weight is 226 g/mol. The highest BCUT2D eigenvalue weighted by Gasteiger charge is 2.23. The van der Waals surface area contributed by atoms with Gasteiger partial charge in [0.15, 0.2) is 0 Å². The SMILES string of the molecule is CC1CCCN(C(=O)OCC2CCNC2)C1. The summed E-state index contributed by atoms with van der Waals surface area (Å²) in [6.07, 6.45) is 3.36. The van der Waals surface area contributed by atoms with E-state index in [4.69, 9.17) is 4.74 Å². The van der Waals surface area contributed by atoms with Crippen LogP contribution in [0.15, 0.2) is 0 Å². The van der Waals surface area contributed by atoms with E-state index >= 15 is 0 Å². The largest absolute Gasteiger partial charge is 0.449 e. The van der Waals surface area contributed by atoms with Gasteiger partial charge in [0, 0.05) is 25.6 Å². The summed E-state index contributed by atoms with van der Waals surface area (Å²) in [6, 6.07) is 0. The molecule has 16 heavy (non-hydrogen) atoms. The van der Waals surface area contributed by atoms with E-state index in [9.17, 15) is 4.79 Å². The van der Waals surface area contributed by atoms with Crippen molar-refractivity contribution in [2.45, 2.75) is 26.2 Å². The number of nitrogens with one attached hydrogen (secondary N) is 1. The van der Waals surface area contributed by atoms with Gasteiger partial charge in [0.2, 0.25) is 0 Å². The van der Waals surface area contributed by atoms with E-state index in [0.717, 1.165) is 39.0 Å². The summed E-state index contributed by atoms with van der Waals surface area (Å²) in [7, 11) is 0. The number of rotatable bonds is 2. The van der Waals surface area contributed by atoms with E-state index in [0.29, 0.717) is 18.4 Å². The summed E-state index contributed by atoms with van der Waals surface area (Å²) in [6.45, 7) is 6.55. The van der Waals surface area contributed by atoms with Gasteiger partial charge in [0.05, 0.1) is 6.61 Å². The van der Waals surface area contributed by atoms with Crippen molar-refractivity contribution < 1.29 is 9.53 Å². The maximum Gasteiger partial charge on any atom is 0.409 e. The Hall–Kier alpha value is -0.770. The van der Waals surface area contributed by atoms with Crippen LogP contribution >= 0.6 is 0 Å². The van der Waals surface area contributed by atoms with Gasteiger partial charge in [-0.15, -0.1) is 0 Å². The molecule has 2 rings (SSSR count). The van der Waals surface area contributed by atoms with Crippen LogP contribution in [-0.4, -0.2) is 43.8 Å². The van der Waals surface area contributed by atoms with Crippen molar-refractivity contribution >= 4 is 6.09 Å². The predicted molar refractivity (Wildman–Crippen MR) is 62.3 cm³/mol. The van der Waals surface area contributed by atoms with Gasteiger partial charge in [0.1, 0.15) is 0 Å². The molecule has 2 heterocycles. The van der Waals surface area contributed by atoms with E-state index < -0.39 is 0 Å². The van der Waals surface area contributed by atoms with Gasteiger partial charge in [-0.25, -0.2) is 4.79 Å². The molecule has 0 spiro atoms. The summed E-state index contributed by atoms with van der Waals surface area (Å²) in [5.41, 5.74) is 0. The fourth-order valence-corrected chi connectivity index (χ4v) is 2.49. The molecule has 0 aromatic heterocycles. The molecule has 2 unspecified atom stereocenters. The van der Waals surface area contributed by atoms with Crippen molar-refractivity contribution in [3.8, 4) is 0 Å². The third-order valence-corrected chi connectivity index (χ3v) is 3.52. The molecule has 1 N–H and O–H groups in total. The van der Waals surface area contributed by atoms with E-state index in [2.05, 4.69) is 12.2 Å². The van der Waals surface area contributed by atoms with E-state index in [1.807, 2.05) is 4.90 Å². The van der Waals surface area contributed by atoms with Crippen LogP contribution < -0.4 is 5.32 Å². The minimum Gasteiger partial charge on any atom is -0.449 e. The Kier molecular flexibility index (Phi) is 4.04. The Bertz CT molecular complexity index is 239. The molecule has 0 bridgehead atoms. The minimum atomic E-state index is -0.113. The van der Waals surface area contributed by atoms with Crippen LogP contribution in [0.5, 0.6) is 0 Å². The average Bonchev–Trinajstić information content (AvgIpc) is 2.78. The number of likely N-dealkylation sites (tertiary alicyclic amines) is 1. The standard InChI is InChI=1S/C12H22N2O2/c1-10-3-2-6-14(8-10)12(15)16-9-11-4-5-13-7-11/h10-11,13H,2-9H2,1H3.